The van der Waals surface area contributed by atoms with Crippen molar-refractivity contribution >= 4 is 44.6 Å². The molecule has 0 aliphatic carbocycles. The van der Waals surface area contributed by atoms with E-state index in [1.165, 1.54) is 4.68 Å². The smallest absolute Gasteiger partial charge is 0.282 e. The number of ether oxygens (including phenoxy) is 1. The van der Waals surface area contributed by atoms with E-state index in [0.717, 1.165) is 21.3 Å². The molecule has 3 aromatic carbocycles. The number of aromatic nitrogens is 2. The highest BCUT2D eigenvalue weighted by atomic mass is 79.9. The zero-order valence-corrected chi connectivity index (χ0v) is 19.1. The lowest BCUT2D eigenvalue weighted by Crippen LogP contribution is -2.22. The van der Waals surface area contributed by atoms with Gasteiger partial charge in [0.1, 0.15) is 18.2 Å². The van der Waals surface area contributed by atoms with Crippen LogP contribution >= 0.6 is 27.5 Å². The van der Waals surface area contributed by atoms with E-state index in [2.05, 4.69) is 26.0 Å². The van der Waals surface area contributed by atoms with Crippen LogP contribution in [0.5, 0.6) is 5.75 Å². The van der Waals surface area contributed by atoms with Crippen LogP contribution in [-0.2, 0) is 13.0 Å². The molecule has 7 heteroatoms. The van der Waals surface area contributed by atoms with Gasteiger partial charge in [0.05, 0.1) is 17.1 Å². The van der Waals surface area contributed by atoms with E-state index in [4.69, 9.17) is 16.3 Å². The fourth-order valence-corrected chi connectivity index (χ4v) is 3.55. The number of halogens is 2. The maximum absolute atomic E-state index is 12.9. The maximum atomic E-state index is 12.9. The molecule has 0 fully saturated rings. The quantitative estimate of drug-likeness (QED) is 0.315. The molecule has 0 saturated heterocycles. The first kappa shape index (κ1) is 21.3. The third kappa shape index (κ3) is 5.03. The number of hydrogen-bond donors (Lipinski definition) is 0. The number of hydrogen-bond acceptors (Lipinski definition) is 4. The van der Waals surface area contributed by atoms with E-state index in [-0.39, 0.29) is 5.56 Å². The molecule has 0 bridgehead atoms. The largest absolute Gasteiger partial charge is 0.489 e. The molecule has 5 nitrogen and oxygen atoms in total. The molecule has 0 aliphatic heterocycles. The first-order valence-corrected chi connectivity index (χ1v) is 10.9. The minimum atomic E-state index is -0.192. The monoisotopic (exact) mass is 495 g/mol. The average molecular weight is 497 g/mol. The molecule has 156 valence electrons. The van der Waals surface area contributed by atoms with Crippen LogP contribution in [0.1, 0.15) is 23.9 Å². The minimum Gasteiger partial charge on any atom is -0.489 e. The topological polar surface area (TPSA) is 56.5 Å². The molecule has 1 heterocycles. The summed E-state index contributed by atoms with van der Waals surface area (Å²) in [6.45, 7) is 2.41. The van der Waals surface area contributed by atoms with Crippen molar-refractivity contribution in [3.63, 3.8) is 0 Å². The maximum Gasteiger partial charge on any atom is 0.282 e. The van der Waals surface area contributed by atoms with Gasteiger partial charge in [-0.15, -0.1) is 0 Å². The Kier molecular flexibility index (Phi) is 6.49. The first-order valence-electron chi connectivity index (χ1n) is 9.76. The molecule has 1 aromatic heterocycles. The van der Waals surface area contributed by atoms with Gasteiger partial charge in [0.15, 0.2) is 0 Å². The first-order chi connectivity index (χ1) is 15.0. The van der Waals surface area contributed by atoms with Crippen LogP contribution in [-0.4, -0.2) is 15.9 Å². The molecule has 4 rings (SSSR count). The van der Waals surface area contributed by atoms with Crippen LogP contribution in [0.3, 0.4) is 0 Å². The molecular formula is C24H19BrClN3O2. The van der Waals surface area contributed by atoms with Crippen molar-refractivity contribution in [3.05, 3.63) is 104 Å². The summed E-state index contributed by atoms with van der Waals surface area (Å²) in [7, 11) is 0. The summed E-state index contributed by atoms with van der Waals surface area (Å²) >= 11 is 9.31. The Balaban J connectivity index is 1.53. The second-order valence-corrected chi connectivity index (χ2v) is 8.24. The minimum absolute atomic E-state index is 0.192. The van der Waals surface area contributed by atoms with Crippen molar-refractivity contribution in [1.29, 1.82) is 0 Å². The Morgan fingerprint density at radius 3 is 2.55 bits per heavy atom. The summed E-state index contributed by atoms with van der Waals surface area (Å²) in [5, 5.41) is 5.63. The third-order valence-corrected chi connectivity index (χ3v) is 5.46. The molecule has 0 aliphatic rings. The van der Waals surface area contributed by atoms with Crippen molar-refractivity contribution in [3.8, 4) is 5.75 Å². The van der Waals surface area contributed by atoms with Gasteiger partial charge < -0.3 is 4.74 Å². The number of benzene rings is 3. The zero-order chi connectivity index (χ0) is 21.8. The number of aryl methyl sites for hydroxylation is 1. The molecule has 0 atom stereocenters. The fraction of sp³-hybridized carbons (Fsp3) is 0.125. The summed E-state index contributed by atoms with van der Waals surface area (Å²) in [5.41, 5.74) is 2.36. The van der Waals surface area contributed by atoms with Crippen molar-refractivity contribution in [2.75, 3.05) is 0 Å². The lowest BCUT2D eigenvalue weighted by molar-refractivity contribution is 0.306. The van der Waals surface area contributed by atoms with E-state index in [9.17, 15) is 4.79 Å². The lowest BCUT2D eigenvalue weighted by Gasteiger charge is -2.08. The number of rotatable bonds is 6. The van der Waals surface area contributed by atoms with Crippen molar-refractivity contribution in [2.45, 2.75) is 20.0 Å². The molecule has 4 aromatic rings. The highest BCUT2D eigenvalue weighted by molar-refractivity contribution is 9.10. The van der Waals surface area contributed by atoms with E-state index >= 15 is 0 Å². The third-order valence-electron chi connectivity index (χ3n) is 4.71. The molecule has 0 spiro atoms. The van der Waals surface area contributed by atoms with Gasteiger partial charge in [0.2, 0.25) is 0 Å². The molecule has 0 N–H and O–H groups in total. The molecule has 0 amide bonds. The van der Waals surface area contributed by atoms with Crippen LogP contribution in [0.15, 0.2) is 81.1 Å². The van der Waals surface area contributed by atoms with Gasteiger partial charge in [-0.3, -0.25) is 4.79 Å². The molecular weight excluding hydrogens is 478 g/mol. The molecule has 0 saturated carbocycles. The van der Waals surface area contributed by atoms with Crippen LogP contribution in [0.4, 0.5) is 0 Å². The normalized spacial score (nSPS) is 11.3. The Morgan fingerprint density at radius 1 is 1.10 bits per heavy atom. The van der Waals surface area contributed by atoms with Gasteiger partial charge >= 0.3 is 0 Å². The van der Waals surface area contributed by atoms with Gasteiger partial charge in [-0.2, -0.15) is 9.78 Å². The Labute approximate surface area is 193 Å². The van der Waals surface area contributed by atoms with E-state index in [1.54, 1.807) is 12.3 Å². The van der Waals surface area contributed by atoms with Crippen LogP contribution < -0.4 is 10.3 Å². The predicted molar refractivity (Wildman–Crippen MR) is 128 cm³/mol. The van der Waals surface area contributed by atoms with Gasteiger partial charge in [-0.05, 0) is 65.7 Å². The second kappa shape index (κ2) is 9.45. The molecule has 0 unspecified atom stereocenters. The van der Waals surface area contributed by atoms with E-state index in [0.29, 0.717) is 34.8 Å². The summed E-state index contributed by atoms with van der Waals surface area (Å²) in [6, 6.07) is 20.5. The summed E-state index contributed by atoms with van der Waals surface area (Å²) in [4.78, 5) is 17.5. The standard InChI is InChI=1S/C24H19BrClN3O2/c1-2-23-28-22-12-7-18(25)13-21(22)24(30)29(23)27-14-16-5-10-20(11-6-16)31-15-17-3-8-19(26)9-4-17/h3-14H,2,15H2,1H3. The molecule has 0 radical (unpaired) electrons. The zero-order valence-electron chi connectivity index (χ0n) is 16.8. The van der Waals surface area contributed by atoms with Gasteiger partial charge in [0, 0.05) is 15.9 Å². The average Bonchev–Trinajstić information content (AvgIpc) is 2.79. The summed E-state index contributed by atoms with van der Waals surface area (Å²) in [5.74, 6) is 1.36. The van der Waals surface area contributed by atoms with Crippen LogP contribution in [0.2, 0.25) is 5.02 Å². The van der Waals surface area contributed by atoms with Crippen LogP contribution in [0.25, 0.3) is 10.9 Å². The molecule has 31 heavy (non-hydrogen) atoms. The van der Waals surface area contributed by atoms with Crippen molar-refractivity contribution < 1.29 is 4.74 Å². The lowest BCUT2D eigenvalue weighted by atomic mass is 10.2. The van der Waals surface area contributed by atoms with E-state index in [1.807, 2.05) is 67.6 Å². The van der Waals surface area contributed by atoms with Crippen molar-refractivity contribution in [2.24, 2.45) is 5.10 Å². The second-order valence-electron chi connectivity index (χ2n) is 6.89. The number of nitrogens with zero attached hydrogens (tertiary/aromatic N) is 3. The Bertz CT molecular complexity index is 1300. The van der Waals surface area contributed by atoms with Crippen molar-refractivity contribution in [1.82, 2.24) is 9.66 Å². The van der Waals surface area contributed by atoms with Gasteiger partial charge in [-0.25, -0.2) is 4.98 Å². The highest BCUT2D eigenvalue weighted by Crippen LogP contribution is 2.17. The predicted octanol–water partition coefficient (Wildman–Crippen LogP) is 5.84. The summed E-state index contributed by atoms with van der Waals surface area (Å²) in [6.07, 6.45) is 2.24. The Morgan fingerprint density at radius 2 is 1.84 bits per heavy atom. The number of fused-ring (bicyclic) bond motifs is 1. The van der Waals surface area contributed by atoms with Gasteiger partial charge in [-0.1, -0.05) is 46.6 Å². The highest BCUT2D eigenvalue weighted by Gasteiger charge is 2.09. The SMILES string of the molecule is CCc1nc2ccc(Br)cc2c(=O)n1N=Cc1ccc(OCc2ccc(Cl)cc2)cc1. The fourth-order valence-electron chi connectivity index (χ4n) is 3.06. The van der Waals surface area contributed by atoms with E-state index < -0.39 is 0 Å². The van der Waals surface area contributed by atoms with Crippen LogP contribution in [0, 0.1) is 0 Å². The van der Waals surface area contributed by atoms with Gasteiger partial charge in [0.25, 0.3) is 5.56 Å². The summed E-state index contributed by atoms with van der Waals surface area (Å²) < 4.78 is 8.00. The Hall–Kier alpha value is -2.96.